The highest BCUT2D eigenvalue weighted by Crippen LogP contribution is 2.27. The van der Waals surface area contributed by atoms with Gasteiger partial charge in [-0.1, -0.05) is 42.7 Å². The van der Waals surface area contributed by atoms with Crippen molar-refractivity contribution in [2.24, 2.45) is 0 Å². The maximum Gasteiger partial charge on any atom is 0.263 e. The van der Waals surface area contributed by atoms with Gasteiger partial charge in [-0.25, -0.2) is 13.4 Å². The molecule has 1 saturated heterocycles. The van der Waals surface area contributed by atoms with Crippen LogP contribution in [0.3, 0.4) is 0 Å². The second-order valence-electron chi connectivity index (χ2n) is 8.27. The molecule has 2 aromatic carbocycles. The molecular weight excluding hydrogens is 456 g/mol. The molecule has 33 heavy (non-hydrogen) atoms. The minimum atomic E-state index is -3.78. The number of anilines is 2. The second kappa shape index (κ2) is 10.5. The Balaban J connectivity index is 1.36. The zero-order valence-corrected chi connectivity index (χ0v) is 20.2. The van der Waals surface area contributed by atoms with E-state index in [1.807, 2.05) is 36.6 Å². The molecule has 3 aromatic rings. The maximum atomic E-state index is 12.8. The van der Waals surface area contributed by atoms with Crippen molar-refractivity contribution in [3.05, 3.63) is 59.5 Å². The molecule has 1 aliphatic rings. The third-order valence-corrected chi connectivity index (χ3v) is 7.83. The summed E-state index contributed by atoms with van der Waals surface area (Å²) in [5.74, 6) is -0.0861. The van der Waals surface area contributed by atoms with Crippen molar-refractivity contribution in [3.8, 4) is 11.3 Å². The number of aromatic nitrogens is 1. The minimum Gasteiger partial charge on any atom is -0.325 e. The van der Waals surface area contributed by atoms with Crippen molar-refractivity contribution in [1.82, 2.24) is 9.88 Å². The molecule has 0 atom stereocenters. The summed E-state index contributed by atoms with van der Waals surface area (Å²) in [5, 5.41) is 4.99. The fourth-order valence-electron chi connectivity index (χ4n) is 3.77. The van der Waals surface area contributed by atoms with Gasteiger partial charge >= 0.3 is 0 Å². The number of nitrogens with one attached hydrogen (secondary N) is 2. The molecule has 1 amide bonds. The Morgan fingerprint density at radius 3 is 2.33 bits per heavy atom. The van der Waals surface area contributed by atoms with Gasteiger partial charge in [0.15, 0.2) is 5.13 Å². The summed E-state index contributed by atoms with van der Waals surface area (Å²) in [7, 11) is -3.78. The van der Waals surface area contributed by atoms with E-state index in [2.05, 4.69) is 19.9 Å². The van der Waals surface area contributed by atoms with E-state index in [4.69, 9.17) is 0 Å². The average molecular weight is 485 g/mol. The predicted molar refractivity (Wildman–Crippen MR) is 133 cm³/mol. The molecule has 7 nitrogen and oxygen atoms in total. The van der Waals surface area contributed by atoms with E-state index in [1.54, 1.807) is 12.1 Å². The van der Waals surface area contributed by atoms with Gasteiger partial charge in [-0.05, 0) is 57.1 Å². The number of nitrogens with zero attached hydrogens (tertiary/aromatic N) is 2. The Morgan fingerprint density at radius 2 is 1.67 bits per heavy atom. The van der Waals surface area contributed by atoms with Crippen LogP contribution in [0.25, 0.3) is 11.3 Å². The predicted octanol–water partition coefficient (Wildman–Crippen LogP) is 4.73. The van der Waals surface area contributed by atoms with Gasteiger partial charge in [0, 0.05) is 16.6 Å². The van der Waals surface area contributed by atoms with Crippen molar-refractivity contribution in [3.63, 3.8) is 0 Å². The molecule has 0 saturated carbocycles. The number of likely N-dealkylation sites (tertiary alicyclic amines) is 1. The van der Waals surface area contributed by atoms with Crippen LogP contribution in [0, 0.1) is 6.92 Å². The van der Waals surface area contributed by atoms with E-state index in [-0.39, 0.29) is 10.8 Å². The van der Waals surface area contributed by atoms with Crippen LogP contribution in [-0.4, -0.2) is 43.8 Å². The largest absolute Gasteiger partial charge is 0.325 e. The molecule has 2 N–H and O–H groups in total. The molecule has 1 aromatic heterocycles. The summed E-state index contributed by atoms with van der Waals surface area (Å²) in [5.41, 5.74) is 3.38. The zero-order valence-electron chi connectivity index (χ0n) is 18.6. The van der Waals surface area contributed by atoms with Crippen molar-refractivity contribution >= 4 is 38.1 Å². The Labute approximate surface area is 198 Å². The molecule has 1 fully saturated rings. The Bertz CT molecular complexity index is 1180. The summed E-state index contributed by atoms with van der Waals surface area (Å²) < 4.78 is 28.1. The molecule has 9 heteroatoms. The Morgan fingerprint density at radius 1 is 1.00 bits per heavy atom. The van der Waals surface area contributed by atoms with E-state index in [1.165, 1.54) is 36.3 Å². The summed E-state index contributed by atoms with van der Waals surface area (Å²) in [4.78, 5) is 19.1. The van der Waals surface area contributed by atoms with Gasteiger partial charge in [-0.2, -0.15) is 0 Å². The fourth-order valence-corrected chi connectivity index (χ4v) is 5.74. The molecule has 0 bridgehead atoms. The summed E-state index contributed by atoms with van der Waals surface area (Å²) >= 11 is 1.24. The molecule has 0 spiro atoms. The van der Waals surface area contributed by atoms with Crippen LogP contribution in [0.4, 0.5) is 10.8 Å². The van der Waals surface area contributed by atoms with Crippen LogP contribution in [0.5, 0.6) is 0 Å². The van der Waals surface area contributed by atoms with Crippen LogP contribution in [-0.2, 0) is 14.8 Å². The smallest absolute Gasteiger partial charge is 0.263 e. The molecule has 2 heterocycles. The monoisotopic (exact) mass is 484 g/mol. The number of rotatable bonds is 7. The van der Waals surface area contributed by atoms with Crippen LogP contribution >= 0.6 is 11.3 Å². The quantitative estimate of drug-likeness (QED) is 0.506. The first-order chi connectivity index (χ1) is 15.9. The van der Waals surface area contributed by atoms with Crippen molar-refractivity contribution in [2.45, 2.75) is 37.5 Å². The van der Waals surface area contributed by atoms with Gasteiger partial charge in [0.2, 0.25) is 5.91 Å². The van der Waals surface area contributed by atoms with Crippen LogP contribution in [0.2, 0.25) is 0 Å². The number of benzene rings is 2. The number of amides is 1. The minimum absolute atomic E-state index is 0.0861. The highest BCUT2D eigenvalue weighted by Gasteiger charge is 2.17. The summed E-state index contributed by atoms with van der Waals surface area (Å²) in [6.45, 7) is 4.25. The van der Waals surface area contributed by atoms with Crippen LogP contribution in [0.1, 0.15) is 31.2 Å². The van der Waals surface area contributed by atoms with Gasteiger partial charge in [0.25, 0.3) is 10.0 Å². The van der Waals surface area contributed by atoms with E-state index in [0.29, 0.717) is 17.4 Å². The normalized spacial score (nSPS) is 15.1. The summed E-state index contributed by atoms with van der Waals surface area (Å²) in [6.07, 6.45) is 4.68. The van der Waals surface area contributed by atoms with Gasteiger partial charge in [0.05, 0.1) is 17.1 Å². The lowest BCUT2D eigenvalue weighted by molar-refractivity contribution is -0.117. The first-order valence-electron chi connectivity index (χ1n) is 11.1. The molecular formula is C24H28N4O3S2. The van der Waals surface area contributed by atoms with Crippen molar-refractivity contribution < 1.29 is 13.2 Å². The maximum absolute atomic E-state index is 12.8. The zero-order chi connectivity index (χ0) is 23.3. The van der Waals surface area contributed by atoms with Gasteiger partial charge in [-0.3, -0.25) is 14.4 Å². The number of hydrogen-bond acceptors (Lipinski definition) is 6. The number of sulfonamides is 1. The standard InChI is InChI=1S/C24H28N4O3S2/c1-18-6-8-19(9-7-18)22-17-32-24(26-22)27-33(30,31)21-12-10-20(11-13-21)25-23(29)16-28-14-4-2-3-5-15-28/h6-13,17H,2-5,14-16H2,1H3,(H,25,29)(H,26,27). The number of thiazole rings is 1. The van der Waals surface area contributed by atoms with E-state index in [0.717, 1.165) is 42.8 Å². The van der Waals surface area contributed by atoms with E-state index in [9.17, 15) is 13.2 Å². The Kier molecular flexibility index (Phi) is 7.42. The van der Waals surface area contributed by atoms with Crippen molar-refractivity contribution in [1.29, 1.82) is 0 Å². The number of aryl methyl sites for hydroxylation is 1. The van der Waals surface area contributed by atoms with Gasteiger partial charge in [0.1, 0.15) is 0 Å². The molecule has 1 aliphatic heterocycles. The first kappa shape index (κ1) is 23.4. The van der Waals surface area contributed by atoms with Gasteiger partial charge in [-0.15, -0.1) is 11.3 Å². The third kappa shape index (κ3) is 6.40. The number of carbonyl (C=O) groups is 1. The average Bonchev–Trinajstić information content (AvgIpc) is 3.09. The lowest BCUT2D eigenvalue weighted by Gasteiger charge is -2.19. The van der Waals surface area contributed by atoms with Crippen molar-refractivity contribution in [2.75, 3.05) is 29.7 Å². The molecule has 4 rings (SSSR count). The van der Waals surface area contributed by atoms with E-state index < -0.39 is 10.0 Å². The number of carbonyl (C=O) groups excluding carboxylic acids is 1. The highest BCUT2D eigenvalue weighted by atomic mass is 32.2. The number of hydrogen-bond donors (Lipinski definition) is 2. The third-order valence-electron chi connectivity index (χ3n) is 5.59. The lowest BCUT2D eigenvalue weighted by atomic mass is 10.1. The van der Waals surface area contributed by atoms with E-state index >= 15 is 0 Å². The SMILES string of the molecule is Cc1ccc(-c2csc(NS(=O)(=O)c3ccc(NC(=O)CN4CCCCCC4)cc3)n2)cc1. The molecule has 174 valence electrons. The second-order valence-corrected chi connectivity index (χ2v) is 10.8. The Hall–Kier alpha value is -2.75. The topological polar surface area (TPSA) is 91.4 Å². The van der Waals surface area contributed by atoms with Gasteiger partial charge < -0.3 is 5.32 Å². The fraction of sp³-hybridized carbons (Fsp3) is 0.333. The van der Waals surface area contributed by atoms with Crippen LogP contribution < -0.4 is 10.0 Å². The lowest BCUT2D eigenvalue weighted by Crippen LogP contribution is -2.33. The highest BCUT2D eigenvalue weighted by molar-refractivity contribution is 7.93. The molecule has 0 aliphatic carbocycles. The molecule has 0 radical (unpaired) electrons. The molecule has 0 unspecified atom stereocenters. The van der Waals surface area contributed by atoms with Crippen LogP contribution in [0.15, 0.2) is 58.8 Å². The first-order valence-corrected chi connectivity index (χ1v) is 13.4. The summed E-state index contributed by atoms with van der Waals surface area (Å²) in [6, 6.07) is 14.1.